The fourth-order valence-electron chi connectivity index (χ4n) is 0.959. The van der Waals surface area contributed by atoms with Gasteiger partial charge >= 0.3 is 0 Å². The number of hydrogen-bond donors (Lipinski definition) is 2. The van der Waals surface area contributed by atoms with Crippen LogP contribution in [-0.2, 0) is 7.05 Å². The summed E-state index contributed by atoms with van der Waals surface area (Å²) >= 11 is 0. The van der Waals surface area contributed by atoms with Gasteiger partial charge in [-0.25, -0.2) is 4.57 Å². The predicted molar refractivity (Wildman–Crippen MR) is 47.8 cm³/mol. The Morgan fingerprint density at radius 2 is 2.33 bits per heavy atom. The van der Waals surface area contributed by atoms with Gasteiger partial charge in [0, 0.05) is 6.07 Å². The molecule has 0 aliphatic heterocycles. The summed E-state index contributed by atoms with van der Waals surface area (Å²) in [4.78, 5) is 0. The third kappa shape index (κ3) is 2.51. The molecule has 1 heterocycles. The minimum atomic E-state index is -0.315. The smallest absolute Gasteiger partial charge is 0.274 e. The average molecular weight is 167 g/mol. The summed E-state index contributed by atoms with van der Waals surface area (Å²) in [5.41, 5.74) is 0. The molecule has 2 N–H and O–H groups in total. The van der Waals surface area contributed by atoms with Crippen LogP contribution in [0, 0.1) is 0 Å². The van der Waals surface area contributed by atoms with E-state index in [0.29, 0.717) is 6.54 Å². The predicted octanol–water partition coefficient (Wildman–Crippen LogP) is 0.304. The Balaban J connectivity index is 2.57. The topological polar surface area (TPSA) is 36.1 Å². The number of aromatic nitrogens is 1. The molecule has 66 valence electrons. The van der Waals surface area contributed by atoms with Crippen molar-refractivity contribution in [2.45, 2.75) is 13.0 Å². The number of hydrogen-bond acceptors (Lipinski definition) is 2. The van der Waals surface area contributed by atoms with Crippen molar-refractivity contribution in [3.05, 3.63) is 24.4 Å². The Morgan fingerprint density at radius 3 is 2.92 bits per heavy atom. The highest BCUT2D eigenvalue weighted by Crippen LogP contribution is 1.96. The quantitative estimate of drug-likeness (QED) is 0.635. The Bertz CT molecular complexity index is 248. The van der Waals surface area contributed by atoms with Crippen molar-refractivity contribution in [3.63, 3.8) is 0 Å². The van der Waals surface area contributed by atoms with Crippen LogP contribution in [0.2, 0.25) is 0 Å². The summed E-state index contributed by atoms with van der Waals surface area (Å²) in [6.07, 6.45) is 1.65. The van der Waals surface area contributed by atoms with Gasteiger partial charge in [0.2, 0.25) is 0 Å². The molecule has 1 rings (SSSR count). The van der Waals surface area contributed by atoms with Crippen LogP contribution >= 0.6 is 0 Å². The Labute approximate surface area is 72.7 Å². The first-order chi connectivity index (χ1) is 5.70. The number of aryl methyl sites for hydroxylation is 1. The highest BCUT2D eigenvalue weighted by Gasteiger charge is 2.04. The van der Waals surface area contributed by atoms with Crippen molar-refractivity contribution < 1.29 is 9.67 Å². The van der Waals surface area contributed by atoms with E-state index in [9.17, 15) is 0 Å². The first-order valence-electron chi connectivity index (χ1n) is 4.07. The number of nitrogens with zero attached hydrogens (tertiary/aromatic N) is 1. The Morgan fingerprint density at radius 1 is 1.58 bits per heavy atom. The molecule has 0 spiro atoms. The molecule has 0 amide bonds. The second kappa shape index (κ2) is 4.07. The number of nitrogens with one attached hydrogen (secondary N) is 1. The molecule has 0 aliphatic rings. The van der Waals surface area contributed by atoms with E-state index in [1.54, 1.807) is 6.92 Å². The third-order valence-corrected chi connectivity index (χ3v) is 1.63. The van der Waals surface area contributed by atoms with E-state index in [0.717, 1.165) is 5.82 Å². The number of pyridine rings is 1. The summed E-state index contributed by atoms with van der Waals surface area (Å²) in [7, 11) is 1.96. The number of rotatable bonds is 3. The zero-order chi connectivity index (χ0) is 8.97. The lowest BCUT2D eigenvalue weighted by Crippen LogP contribution is -2.33. The van der Waals surface area contributed by atoms with Crippen LogP contribution in [0.4, 0.5) is 5.82 Å². The molecule has 0 saturated carbocycles. The first-order valence-corrected chi connectivity index (χ1v) is 4.07. The van der Waals surface area contributed by atoms with Gasteiger partial charge < -0.3 is 5.11 Å². The van der Waals surface area contributed by atoms with E-state index in [1.807, 2.05) is 36.0 Å². The van der Waals surface area contributed by atoms with Crippen molar-refractivity contribution in [2.24, 2.45) is 7.05 Å². The number of aliphatic hydroxyl groups is 1. The van der Waals surface area contributed by atoms with Gasteiger partial charge in [-0.3, -0.25) is 5.32 Å². The molecule has 1 aromatic rings. The molecular weight excluding hydrogens is 152 g/mol. The van der Waals surface area contributed by atoms with E-state index in [1.165, 1.54) is 0 Å². The molecule has 1 unspecified atom stereocenters. The molecule has 0 radical (unpaired) electrons. The van der Waals surface area contributed by atoms with E-state index < -0.39 is 0 Å². The van der Waals surface area contributed by atoms with Gasteiger partial charge in [-0.2, -0.15) is 0 Å². The monoisotopic (exact) mass is 167 g/mol. The number of anilines is 1. The van der Waals surface area contributed by atoms with Crippen molar-refractivity contribution in [1.82, 2.24) is 0 Å². The largest absolute Gasteiger partial charge is 0.389 e. The van der Waals surface area contributed by atoms with E-state index in [4.69, 9.17) is 5.11 Å². The lowest BCUT2D eigenvalue weighted by Gasteiger charge is -2.03. The van der Waals surface area contributed by atoms with Gasteiger partial charge in [-0.1, -0.05) is 6.07 Å². The SMILES string of the molecule is CC(O)CNc1cccc[n+]1C. The van der Waals surface area contributed by atoms with Gasteiger partial charge in [0.1, 0.15) is 6.54 Å². The minimum Gasteiger partial charge on any atom is -0.389 e. The van der Waals surface area contributed by atoms with Gasteiger partial charge in [0.05, 0.1) is 19.3 Å². The molecule has 0 bridgehead atoms. The number of aliphatic hydroxyl groups excluding tert-OH is 1. The molecule has 3 nitrogen and oxygen atoms in total. The van der Waals surface area contributed by atoms with E-state index in [2.05, 4.69) is 5.32 Å². The van der Waals surface area contributed by atoms with Gasteiger partial charge in [-0.05, 0) is 13.0 Å². The Hall–Kier alpha value is -1.09. The molecule has 1 aromatic heterocycles. The van der Waals surface area contributed by atoms with Crippen molar-refractivity contribution in [1.29, 1.82) is 0 Å². The van der Waals surface area contributed by atoms with E-state index >= 15 is 0 Å². The molecule has 3 heteroatoms. The molecule has 0 aromatic carbocycles. The normalized spacial score (nSPS) is 12.6. The fourth-order valence-corrected chi connectivity index (χ4v) is 0.959. The van der Waals surface area contributed by atoms with Gasteiger partial charge in [0.15, 0.2) is 0 Å². The Kier molecular flexibility index (Phi) is 3.05. The van der Waals surface area contributed by atoms with Crippen LogP contribution in [0.3, 0.4) is 0 Å². The van der Waals surface area contributed by atoms with E-state index in [-0.39, 0.29) is 6.10 Å². The maximum absolute atomic E-state index is 9.03. The van der Waals surface area contributed by atoms with Crippen molar-refractivity contribution in [2.75, 3.05) is 11.9 Å². The summed E-state index contributed by atoms with van der Waals surface area (Å²) in [5, 5.41) is 12.2. The van der Waals surface area contributed by atoms with Gasteiger partial charge in [0.25, 0.3) is 5.82 Å². The zero-order valence-electron chi connectivity index (χ0n) is 7.49. The first kappa shape index (κ1) is 9.00. The molecule has 0 fully saturated rings. The summed E-state index contributed by atoms with van der Waals surface area (Å²) in [5.74, 6) is 1.01. The van der Waals surface area contributed by atoms with Crippen LogP contribution in [0.5, 0.6) is 0 Å². The highest BCUT2D eigenvalue weighted by molar-refractivity contribution is 5.27. The second-order valence-electron chi connectivity index (χ2n) is 2.93. The average Bonchev–Trinajstić information content (AvgIpc) is 2.03. The zero-order valence-corrected chi connectivity index (χ0v) is 7.49. The maximum atomic E-state index is 9.03. The fraction of sp³-hybridized carbons (Fsp3) is 0.444. The van der Waals surface area contributed by atoms with Crippen molar-refractivity contribution >= 4 is 5.82 Å². The molecular formula is C9H15N2O+. The summed E-state index contributed by atoms with van der Waals surface area (Å²) in [6, 6.07) is 5.90. The van der Waals surface area contributed by atoms with Crippen LogP contribution < -0.4 is 9.88 Å². The highest BCUT2D eigenvalue weighted by atomic mass is 16.3. The molecule has 12 heavy (non-hydrogen) atoms. The third-order valence-electron chi connectivity index (χ3n) is 1.63. The van der Waals surface area contributed by atoms with Crippen LogP contribution in [0.15, 0.2) is 24.4 Å². The summed E-state index contributed by atoms with van der Waals surface area (Å²) < 4.78 is 1.97. The molecule has 0 saturated heterocycles. The lowest BCUT2D eigenvalue weighted by molar-refractivity contribution is -0.657. The lowest BCUT2D eigenvalue weighted by atomic mass is 10.4. The van der Waals surface area contributed by atoms with Crippen LogP contribution in [-0.4, -0.2) is 17.8 Å². The van der Waals surface area contributed by atoms with Gasteiger partial charge in [-0.15, -0.1) is 0 Å². The van der Waals surface area contributed by atoms with Crippen molar-refractivity contribution in [3.8, 4) is 0 Å². The maximum Gasteiger partial charge on any atom is 0.274 e. The minimum absolute atomic E-state index is 0.315. The second-order valence-corrected chi connectivity index (χ2v) is 2.93. The molecule has 0 aliphatic carbocycles. The van der Waals surface area contributed by atoms with Crippen LogP contribution in [0.1, 0.15) is 6.92 Å². The van der Waals surface area contributed by atoms with Crippen LogP contribution in [0.25, 0.3) is 0 Å². The standard InChI is InChI=1S/C9H14N2O/c1-8(12)7-10-9-5-3-4-6-11(9)2/h3-6,8,12H,7H2,1-2H3/p+1. The molecule has 1 atom stereocenters. The summed E-state index contributed by atoms with van der Waals surface area (Å²) in [6.45, 7) is 2.34.